The van der Waals surface area contributed by atoms with Crippen LogP contribution in [0, 0.1) is 5.92 Å². The molecule has 224 valence electrons. The van der Waals surface area contributed by atoms with Crippen LogP contribution in [0.25, 0.3) is 0 Å². The normalized spacial score (nSPS) is 13.9. The number of aliphatic carboxylic acids is 1. The van der Waals surface area contributed by atoms with Crippen molar-refractivity contribution >= 4 is 29.7 Å². The molecule has 2 aromatic rings. The minimum atomic E-state index is -1.31. The van der Waals surface area contributed by atoms with Crippen molar-refractivity contribution in [1.82, 2.24) is 25.9 Å². The predicted molar refractivity (Wildman–Crippen MR) is 150 cm³/mol. The number of nitrogens with one attached hydrogen (secondary N) is 4. The van der Waals surface area contributed by atoms with Crippen molar-refractivity contribution in [1.29, 1.82) is 0 Å². The summed E-state index contributed by atoms with van der Waals surface area (Å²) in [5.41, 5.74) is 17.7. The van der Waals surface area contributed by atoms with Crippen LogP contribution in [0.15, 0.2) is 41.8 Å². The van der Waals surface area contributed by atoms with Gasteiger partial charge in [0.05, 0.1) is 12.4 Å². The highest BCUT2D eigenvalue weighted by Crippen LogP contribution is 2.13. The lowest BCUT2D eigenvalue weighted by molar-refractivity contribution is -0.142. The molecule has 1 aromatic carbocycles. The molecular formula is C26H39N9O6. The van der Waals surface area contributed by atoms with E-state index in [1.807, 2.05) is 0 Å². The summed E-state index contributed by atoms with van der Waals surface area (Å²) in [5.74, 6) is -3.67. The molecule has 41 heavy (non-hydrogen) atoms. The Morgan fingerprint density at radius 3 is 2.20 bits per heavy atom. The summed E-state index contributed by atoms with van der Waals surface area (Å²) in [4.78, 5) is 61.7. The van der Waals surface area contributed by atoms with Crippen molar-refractivity contribution in [2.45, 2.75) is 63.7 Å². The molecule has 4 atom stereocenters. The summed E-state index contributed by atoms with van der Waals surface area (Å²) in [6.45, 7) is 3.73. The molecule has 1 aromatic heterocycles. The van der Waals surface area contributed by atoms with Crippen LogP contribution in [0.4, 0.5) is 0 Å². The standard InChI is InChI=1S/C26H39N9O6/c1-14(2)21(35-22(37)18(27)4-3-9-31-26(28)29)24(39)33-19(10-15-5-7-17(36)8-6-15)23(38)34-20(25(40)41)11-16-12-30-13-32-16/h5-8,12-14,18-21,36H,3-4,9-11,27H2,1-2H3,(H,30,32)(H,33,39)(H,34,38)(H,35,37)(H,40,41)(H4,28,29,31). The third-order valence-electron chi connectivity index (χ3n) is 6.15. The van der Waals surface area contributed by atoms with E-state index in [2.05, 4.69) is 30.9 Å². The third kappa shape index (κ3) is 11.2. The molecule has 15 nitrogen and oxygen atoms in total. The van der Waals surface area contributed by atoms with E-state index < -0.39 is 47.9 Å². The van der Waals surface area contributed by atoms with Gasteiger partial charge in [0, 0.05) is 31.3 Å². The van der Waals surface area contributed by atoms with Crippen molar-refractivity contribution in [3.05, 3.63) is 48.0 Å². The van der Waals surface area contributed by atoms with Crippen LogP contribution >= 0.6 is 0 Å². The number of aromatic nitrogens is 2. The van der Waals surface area contributed by atoms with Gasteiger partial charge in [-0.05, 0) is 36.5 Å². The Bertz CT molecular complexity index is 1180. The molecule has 3 amide bonds. The van der Waals surface area contributed by atoms with Gasteiger partial charge >= 0.3 is 5.97 Å². The summed E-state index contributed by atoms with van der Waals surface area (Å²) in [7, 11) is 0. The van der Waals surface area contributed by atoms with Gasteiger partial charge < -0.3 is 48.3 Å². The van der Waals surface area contributed by atoms with Gasteiger partial charge in [-0.25, -0.2) is 9.78 Å². The maximum atomic E-state index is 13.4. The molecule has 0 bridgehead atoms. The van der Waals surface area contributed by atoms with Crippen LogP contribution in [-0.4, -0.2) is 80.5 Å². The lowest BCUT2D eigenvalue weighted by Crippen LogP contribution is -2.59. The van der Waals surface area contributed by atoms with Gasteiger partial charge in [0.1, 0.15) is 23.9 Å². The highest BCUT2D eigenvalue weighted by molar-refractivity contribution is 5.94. The first-order chi connectivity index (χ1) is 19.4. The van der Waals surface area contributed by atoms with Crippen molar-refractivity contribution in [2.75, 3.05) is 6.54 Å². The second-order valence-electron chi connectivity index (χ2n) is 9.90. The maximum Gasteiger partial charge on any atom is 0.326 e. The molecule has 12 N–H and O–H groups in total. The fourth-order valence-electron chi connectivity index (χ4n) is 3.87. The van der Waals surface area contributed by atoms with Crippen molar-refractivity contribution in [2.24, 2.45) is 28.1 Å². The number of aromatic hydroxyl groups is 1. The summed E-state index contributed by atoms with van der Waals surface area (Å²) >= 11 is 0. The Kier molecular flexibility index (Phi) is 12.6. The largest absolute Gasteiger partial charge is 0.508 e. The highest BCUT2D eigenvalue weighted by Gasteiger charge is 2.32. The van der Waals surface area contributed by atoms with Crippen LogP contribution in [0.3, 0.4) is 0 Å². The minimum absolute atomic E-state index is 0.0153. The van der Waals surface area contributed by atoms with Crippen LogP contribution in [0.1, 0.15) is 37.9 Å². The molecule has 0 aliphatic rings. The number of imidazole rings is 1. The SMILES string of the molecule is CC(C)C(NC(=O)C(N)CCCN=C(N)N)C(=O)NC(Cc1ccc(O)cc1)C(=O)NC(Cc1cnc[nH]1)C(=O)O. The molecule has 0 saturated carbocycles. The zero-order valence-corrected chi connectivity index (χ0v) is 23.0. The molecular weight excluding hydrogens is 534 g/mol. The molecule has 0 saturated heterocycles. The van der Waals surface area contributed by atoms with Crippen LogP contribution in [-0.2, 0) is 32.0 Å². The molecule has 0 aliphatic carbocycles. The van der Waals surface area contributed by atoms with Crippen LogP contribution in [0.5, 0.6) is 5.75 Å². The van der Waals surface area contributed by atoms with Crippen molar-refractivity contribution < 1.29 is 29.4 Å². The number of H-pyrrole nitrogens is 1. The van der Waals surface area contributed by atoms with E-state index in [1.165, 1.54) is 24.7 Å². The summed E-state index contributed by atoms with van der Waals surface area (Å²) in [6, 6.07) is 1.53. The van der Waals surface area contributed by atoms with E-state index in [9.17, 15) is 29.4 Å². The fourth-order valence-corrected chi connectivity index (χ4v) is 3.87. The Balaban J connectivity index is 2.17. The van der Waals surface area contributed by atoms with E-state index >= 15 is 0 Å². The van der Waals surface area contributed by atoms with Gasteiger partial charge in [-0.15, -0.1) is 0 Å². The Morgan fingerprint density at radius 2 is 1.63 bits per heavy atom. The Morgan fingerprint density at radius 1 is 0.976 bits per heavy atom. The Hall–Kier alpha value is -4.66. The molecule has 0 aliphatic heterocycles. The Labute approximate surface area is 237 Å². The third-order valence-corrected chi connectivity index (χ3v) is 6.15. The minimum Gasteiger partial charge on any atom is -0.508 e. The molecule has 2 rings (SSSR count). The van der Waals surface area contributed by atoms with Crippen molar-refractivity contribution in [3.63, 3.8) is 0 Å². The highest BCUT2D eigenvalue weighted by atomic mass is 16.4. The molecule has 0 spiro atoms. The number of aliphatic imine (C=N–C) groups is 1. The monoisotopic (exact) mass is 573 g/mol. The number of aromatic amines is 1. The van der Waals surface area contributed by atoms with Crippen LogP contribution < -0.4 is 33.2 Å². The van der Waals surface area contributed by atoms with Gasteiger partial charge in [-0.1, -0.05) is 26.0 Å². The average Bonchev–Trinajstić information content (AvgIpc) is 3.42. The van der Waals surface area contributed by atoms with Gasteiger partial charge in [0.2, 0.25) is 17.7 Å². The molecule has 0 fully saturated rings. The lowest BCUT2D eigenvalue weighted by Gasteiger charge is -2.27. The molecule has 4 unspecified atom stereocenters. The maximum absolute atomic E-state index is 13.4. The smallest absolute Gasteiger partial charge is 0.326 e. The molecule has 0 radical (unpaired) electrons. The summed E-state index contributed by atoms with van der Waals surface area (Å²) in [6.07, 6.45) is 3.47. The second kappa shape index (κ2) is 15.8. The predicted octanol–water partition coefficient (Wildman–Crippen LogP) is -1.52. The number of benzene rings is 1. The number of phenols is 1. The summed E-state index contributed by atoms with van der Waals surface area (Å²) in [5, 5.41) is 27.0. The van der Waals surface area contributed by atoms with E-state index in [1.54, 1.807) is 26.0 Å². The topological polar surface area (TPSA) is 264 Å². The first kappa shape index (κ1) is 32.6. The number of carbonyl (C=O) groups excluding carboxylic acids is 3. The number of carbonyl (C=O) groups is 4. The lowest BCUT2D eigenvalue weighted by atomic mass is 10.00. The van der Waals surface area contributed by atoms with E-state index in [4.69, 9.17) is 17.2 Å². The van der Waals surface area contributed by atoms with Gasteiger partial charge in [0.15, 0.2) is 5.96 Å². The second-order valence-corrected chi connectivity index (χ2v) is 9.90. The number of phenolic OH excluding ortho intramolecular Hbond substituents is 1. The number of rotatable bonds is 16. The molecule has 1 heterocycles. The van der Waals surface area contributed by atoms with Crippen molar-refractivity contribution in [3.8, 4) is 5.75 Å². The number of nitrogens with zero attached hydrogens (tertiary/aromatic N) is 2. The van der Waals surface area contributed by atoms with Crippen LogP contribution in [0.2, 0.25) is 0 Å². The van der Waals surface area contributed by atoms with Gasteiger partial charge in [0.25, 0.3) is 0 Å². The fraction of sp³-hybridized carbons (Fsp3) is 0.462. The first-order valence-electron chi connectivity index (χ1n) is 13.1. The average molecular weight is 574 g/mol. The van der Waals surface area contributed by atoms with E-state index in [0.29, 0.717) is 24.2 Å². The number of amides is 3. The number of hydrogen-bond donors (Lipinski definition) is 9. The van der Waals surface area contributed by atoms with Gasteiger partial charge in [-0.2, -0.15) is 0 Å². The number of hydrogen-bond acceptors (Lipinski definition) is 8. The number of guanidine groups is 1. The zero-order valence-electron chi connectivity index (χ0n) is 23.0. The quantitative estimate of drug-likeness (QED) is 0.0635. The zero-order chi connectivity index (χ0) is 30.5. The first-order valence-corrected chi connectivity index (χ1v) is 13.1. The van der Waals surface area contributed by atoms with Gasteiger partial charge in [-0.3, -0.25) is 19.4 Å². The van der Waals surface area contributed by atoms with E-state index in [-0.39, 0.29) is 36.9 Å². The number of carboxylic acid groups (broad SMARTS) is 1. The van der Waals surface area contributed by atoms with E-state index in [0.717, 1.165) is 0 Å². The molecule has 15 heteroatoms. The number of carboxylic acids is 1. The summed E-state index contributed by atoms with van der Waals surface area (Å²) < 4.78 is 0. The number of nitrogens with two attached hydrogens (primary N) is 3.